The molecule has 0 bridgehead atoms. The molecular formula is C14H15FN2O2S. The highest BCUT2D eigenvalue weighted by atomic mass is 32.2. The van der Waals surface area contributed by atoms with Crippen molar-refractivity contribution in [3.05, 3.63) is 53.8 Å². The molecule has 0 aliphatic heterocycles. The summed E-state index contributed by atoms with van der Waals surface area (Å²) in [4.78, 5) is -0.194. The Bertz CT molecular complexity index is 709. The van der Waals surface area contributed by atoms with Gasteiger partial charge in [0, 0.05) is 5.69 Å². The van der Waals surface area contributed by atoms with Gasteiger partial charge in [0.25, 0.3) is 10.0 Å². The number of anilines is 2. The molecule has 0 atom stereocenters. The van der Waals surface area contributed by atoms with Crippen LogP contribution in [-0.2, 0) is 16.4 Å². The van der Waals surface area contributed by atoms with Gasteiger partial charge in [0.2, 0.25) is 0 Å². The zero-order valence-electron chi connectivity index (χ0n) is 10.9. The maximum atomic E-state index is 13.3. The third-order valence-electron chi connectivity index (χ3n) is 2.85. The van der Waals surface area contributed by atoms with E-state index in [0.717, 1.165) is 17.7 Å². The number of nitrogens with two attached hydrogens (primary N) is 1. The maximum absolute atomic E-state index is 13.3. The van der Waals surface area contributed by atoms with E-state index in [1.54, 1.807) is 12.1 Å². The van der Waals surface area contributed by atoms with Crippen molar-refractivity contribution >= 4 is 21.4 Å². The molecule has 106 valence electrons. The summed E-state index contributed by atoms with van der Waals surface area (Å²) in [6.07, 6.45) is 0.685. The lowest BCUT2D eigenvalue weighted by Crippen LogP contribution is -2.14. The number of nitrogens with one attached hydrogen (secondary N) is 1. The lowest BCUT2D eigenvalue weighted by atomic mass is 10.1. The van der Waals surface area contributed by atoms with Crippen molar-refractivity contribution in [2.75, 3.05) is 10.5 Å². The van der Waals surface area contributed by atoms with Crippen molar-refractivity contribution in [1.82, 2.24) is 0 Å². The second-order valence-electron chi connectivity index (χ2n) is 4.34. The van der Waals surface area contributed by atoms with E-state index in [-0.39, 0.29) is 10.6 Å². The van der Waals surface area contributed by atoms with Gasteiger partial charge in [0.05, 0.1) is 10.6 Å². The van der Waals surface area contributed by atoms with E-state index < -0.39 is 15.8 Å². The minimum absolute atomic E-state index is 0.0640. The molecule has 3 N–H and O–H groups in total. The number of rotatable bonds is 4. The lowest BCUT2D eigenvalue weighted by molar-refractivity contribution is 0.595. The van der Waals surface area contributed by atoms with Gasteiger partial charge in [0.1, 0.15) is 5.82 Å². The number of hydrogen-bond acceptors (Lipinski definition) is 3. The predicted molar refractivity (Wildman–Crippen MR) is 77.4 cm³/mol. The zero-order valence-corrected chi connectivity index (χ0v) is 11.7. The van der Waals surface area contributed by atoms with Gasteiger partial charge < -0.3 is 5.73 Å². The molecule has 0 aromatic heterocycles. The van der Waals surface area contributed by atoms with E-state index in [4.69, 9.17) is 5.73 Å². The summed E-state index contributed by atoms with van der Waals surface area (Å²) < 4.78 is 40.2. The van der Waals surface area contributed by atoms with Crippen molar-refractivity contribution < 1.29 is 12.8 Å². The van der Waals surface area contributed by atoms with Gasteiger partial charge in [0.15, 0.2) is 0 Å². The highest BCUT2D eigenvalue weighted by Crippen LogP contribution is 2.22. The Morgan fingerprint density at radius 1 is 1.20 bits per heavy atom. The predicted octanol–water partition coefficient (Wildman–Crippen LogP) is 2.77. The van der Waals surface area contributed by atoms with E-state index in [9.17, 15) is 12.8 Å². The largest absolute Gasteiger partial charge is 0.399 e. The number of benzene rings is 2. The van der Waals surface area contributed by atoms with Crippen molar-refractivity contribution in [2.24, 2.45) is 0 Å². The van der Waals surface area contributed by atoms with Crippen LogP contribution in [0.25, 0.3) is 0 Å². The van der Waals surface area contributed by atoms with Crippen molar-refractivity contribution in [1.29, 1.82) is 0 Å². The van der Waals surface area contributed by atoms with Crippen LogP contribution < -0.4 is 10.5 Å². The number of aryl methyl sites for hydroxylation is 1. The smallest absolute Gasteiger partial charge is 0.262 e. The van der Waals surface area contributed by atoms with Crippen LogP contribution in [0, 0.1) is 5.82 Å². The molecular weight excluding hydrogens is 279 g/mol. The van der Waals surface area contributed by atoms with Crippen molar-refractivity contribution in [3.8, 4) is 0 Å². The first-order valence-corrected chi connectivity index (χ1v) is 7.57. The molecule has 2 aromatic carbocycles. The van der Waals surface area contributed by atoms with Crippen LogP contribution in [0.4, 0.5) is 15.8 Å². The fourth-order valence-electron chi connectivity index (χ4n) is 1.87. The van der Waals surface area contributed by atoms with Gasteiger partial charge in [-0.2, -0.15) is 0 Å². The Labute approximate surface area is 117 Å². The van der Waals surface area contributed by atoms with Crippen molar-refractivity contribution in [3.63, 3.8) is 0 Å². The van der Waals surface area contributed by atoms with E-state index in [1.807, 2.05) is 19.1 Å². The standard InChI is InChI=1S/C14H15FN2O2S/c1-2-10-5-3-4-6-14(10)17-20(18,19)13-8-11(15)7-12(16)9-13/h3-9,17H,2,16H2,1H3. The molecule has 0 unspecified atom stereocenters. The van der Waals surface area contributed by atoms with Crippen LogP contribution in [-0.4, -0.2) is 8.42 Å². The van der Waals surface area contributed by atoms with Crippen LogP contribution in [0.2, 0.25) is 0 Å². The van der Waals surface area contributed by atoms with E-state index >= 15 is 0 Å². The first kappa shape index (κ1) is 14.3. The van der Waals surface area contributed by atoms with Gasteiger partial charge in [-0.25, -0.2) is 12.8 Å². The second kappa shape index (κ2) is 5.50. The van der Waals surface area contributed by atoms with Crippen LogP contribution in [0.3, 0.4) is 0 Å². The lowest BCUT2D eigenvalue weighted by Gasteiger charge is -2.12. The SMILES string of the molecule is CCc1ccccc1NS(=O)(=O)c1cc(N)cc(F)c1. The monoisotopic (exact) mass is 294 g/mol. The molecule has 0 aliphatic carbocycles. The first-order valence-electron chi connectivity index (χ1n) is 6.09. The van der Waals surface area contributed by atoms with Crippen LogP contribution in [0.5, 0.6) is 0 Å². The number of nitrogen functional groups attached to an aromatic ring is 1. The minimum Gasteiger partial charge on any atom is -0.399 e. The fourth-order valence-corrected chi connectivity index (χ4v) is 3.04. The third-order valence-corrected chi connectivity index (χ3v) is 4.19. The van der Waals surface area contributed by atoms with Gasteiger partial charge in [-0.3, -0.25) is 4.72 Å². The van der Waals surface area contributed by atoms with Crippen LogP contribution in [0.15, 0.2) is 47.4 Å². The quantitative estimate of drug-likeness (QED) is 0.852. The maximum Gasteiger partial charge on any atom is 0.262 e. The summed E-state index contributed by atoms with van der Waals surface area (Å²) in [5, 5.41) is 0. The van der Waals surface area contributed by atoms with E-state index in [1.165, 1.54) is 6.07 Å². The highest BCUT2D eigenvalue weighted by molar-refractivity contribution is 7.92. The average molecular weight is 294 g/mol. The summed E-state index contributed by atoms with van der Waals surface area (Å²) in [6, 6.07) is 10.3. The van der Waals surface area contributed by atoms with E-state index in [0.29, 0.717) is 12.1 Å². The molecule has 0 aliphatic rings. The van der Waals surface area contributed by atoms with Crippen molar-refractivity contribution in [2.45, 2.75) is 18.2 Å². The average Bonchev–Trinajstić information content (AvgIpc) is 2.38. The number of halogens is 1. The molecule has 2 rings (SSSR count). The Morgan fingerprint density at radius 3 is 2.55 bits per heavy atom. The topological polar surface area (TPSA) is 72.2 Å². The summed E-state index contributed by atoms with van der Waals surface area (Å²) >= 11 is 0. The molecule has 0 saturated heterocycles. The van der Waals surface area contributed by atoms with E-state index in [2.05, 4.69) is 4.72 Å². The molecule has 6 heteroatoms. The molecule has 0 fully saturated rings. The summed E-state index contributed by atoms with van der Waals surface area (Å²) in [6.45, 7) is 1.92. The third kappa shape index (κ3) is 3.08. The highest BCUT2D eigenvalue weighted by Gasteiger charge is 2.17. The fraction of sp³-hybridized carbons (Fsp3) is 0.143. The second-order valence-corrected chi connectivity index (χ2v) is 6.02. The van der Waals surface area contributed by atoms with Gasteiger partial charge >= 0.3 is 0 Å². The molecule has 20 heavy (non-hydrogen) atoms. The Balaban J connectivity index is 2.41. The molecule has 0 amide bonds. The van der Waals surface area contributed by atoms with Crippen LogP contribution >= 0.6 is 0 Å². The summed E-state index contributed by atoms with van der Waals surface area (Å²) in [5.41, 5.74) is 6.88. The van der Waals surface area contributed by atoms with Gasteiger partial charge in [-0.1, -0.05) is 25.1 Å². The van der Waals surface area contributed by atoms with Crippen LogP contribution in [0.1, 0.15) is 12.5 Å². The van der Waals surface area contributed by atoms with Gasteiger partial charge in [-0.05, 0) is 36.2 Å². The molecule has 0 saturated carbocycles. The summed E-state index contributed by atoms with van der Waals surface area (Å²) in [5.74, 6) is -0.686. The Morgan fingerprint density at radius 2 is 1.90 bits per heavy atom. The number of para-hydroxylation sites is 1. The summed E-state index contributed by atoms with van der Waals surface area (Å²) in [7, 11) is -3.86. The molecule has 0 radical (unpaired) electrons. The molecule has 2 aromatic rings. The number of sulfonamides is 1. The first-order chi connectivity index (χ1) is 9.42. The Hall–Kier alpha value is -2.08. The molecule has 4 nitrogen and oxygen atoms in total. The molecule has 0 spiro atoms. The minimum atomic E-state index is -3.86. The normalized spacial score (nSPS) is 11.3. The van der Waals surface area contributed by atoms with Gasteiger partial charge in [-0.15, -0.1) is 0 Å². The zero-order chi connectivity index (χ0) is 14.8. The Kier molecular flexibility index (Phi) is 3.94. The number of hydrogen-bond donors (Lipinski definition) is 2. The molecule has 0 heterocycles.